The monoisotopic (exact) mass is 472 g/mol. The quantitative estimate of drug-likeness (QED) is 0.358. The number of rotatable bonds is 8. The fourth-order valence-corrected chi connectivity index (χ4v) is 3.29. The van der Waals surface area contributed by atoms with Crippen LogP contribution >= 0.6 is 23.2 Å². The van der Waals surface area contributed by atoms with Gasteiger partial charge in [0.15, 0.2) is 5.78 Å². The number of pyridine rings is 1. The van der Waals surface area contributed by atoms with Crippen LogP contribution in [0.1, 0.15) is 15.9 Å². The van der Waals surface area contributed by atoms with Crippen molar-refractivity contribution in [1.29, 1.82) is 0 Å². The van der Waals surface area contributed by atoms with E-state index in [0.29, 0.717) is 11.8 Å². The van der Waals surface area contributed by atoms with Crippen molar-refractivity contribution in [3.05, 3.63) is 75.4 Å². The third-order valence-electron chi connectivity index (χ3n) is 4.16. The highest BCUT2D eigenvalue weighted by Crippen LogP contribution is 2.24. The number of carbonyl (C=O) groups excluding carboxylic acids is 2. The summed E-state index contributed by atoms with van der Waals surface area (Å²) in [6, 6.07) is 5.10. The van der Waals surface area contributed by atoms with Gasteiger partial charge in [-0.3, -0.25) is 19.6 Å². The Labute approximate surface area is 186 Å². The average Bonchev–Trinajstić information content (AvgIpc) is 2.72. The van der Waals surface area contributed by atoms with E-state index in [2.05, 4.69) is 9.98 Å². The smallest absolute Gasteiger partial charge is 0.280 e. The lowest BCUT2D eigenvalue weighted by atomic mass is 10.1. The molecule has 0 saturated carbocycles. The third kappa shape index (κ3) is 6.05. The molecular formula is C20H17Cl2F3N4O2. The molecule has 0 bridgehead atoms. The molecule has 1 aromatic carbocycles. The van der Waals surface area contributed by atoms with Gasteiger partial charge in [0.2, 0.25) is 0 Å². The summed E-state index contributed by atoms with van der Waals surface area (Å²) in [6.45, 7) is -0.778. The van der Waals surface area contributed by atoms with E-state index in [9.17, 15) is 22.8 Å². The number of hydrogen-bond donors (Lipinski definition) is 1. The van der Waals surface area contributed by atoms with Crippen molar-refractivity contribution in [2.45, 2.75) is 13.0 Å². The molecule has 11 heteroatoms. The number of nitrogens with two attached hydrogens (primary N) is 1. The highest BCUT2D eigenvalue weighted by molar-refractivity contribution is 6.39. The van der Waals surface area contributed by atoms with Crippen LogP contribution in [-0.4, -0.2) is 47.3 Å². The van der Waals surface area contributed by atoms with E-state index in [1.807, 2.05) is 0 Å². The Morgan fingerprint density at radius 1 is 1.19 bits per heavy atom. The van der Waals surface area contributed by atoms with E-state index in [4.69, 9.17) is 28.9 Å². The largest absolute Gasteiger partial charge is 0.404 e. The number of carbonyl (C=O) groups is 2. The number of alkyl halides is 2. The number of hydrogen-bond acceptors (Lipinski definition) is 5. The van der Waals surface area contributed by atoms with Gasteiger partial charge in [-0.2, -0.15) is 0 Å². The molecule has 1 amide bonds. The summed E-state index contributed by atoms with van der Waals surface area (Å²) >= 11 is 12.0. The summed E-state index contributed by atoms with van der Waals surface area (Å²) in [7, 11) is 1.09. The van der Waals surface area contributed by atoms with Gasteiger partial charge >= 0.3 is 0 Å². The molecule has 0 radical (unpaired) electrons. The lowest BCUT2D eigenvalue weighted by molar-refractivity contribution is -0.126. The number of aliphatic imine (C=N–C) groups is 1. The predicted octanol–water partition coefficient (Wildman–Crippen LogP) is 3.92. The van der Waals surface area contributed by atoms with E-state index in [0.717, 1.165) is 24.1 Å². The fourth-order valence-electron chi connectivity index (χ4n) is 2.71. The zero-order chi connectivity index (χ0) is 23.1. The maximum atomic E-state index is 13.3. The molecule has 0 fully saturated rings. The number of halogens is 5. The Hall–Kier alpha value is -2.91. The number of ketones is 1. The molecular weight excluding hydrogens is 456 g/mol. The Bertz CT molecular complexity index is 1010. The minimum absolute atomic E-state index is 0.0374. The molecule has 0 spiro atoms. The summed E-state index contributed by atoms with van der Waals surface area (Å²) in [6.07, 6.45) is 0.0368. The number of amides is 1. The van der Waals surface area contributed by atoms with Crippen LogP contribution < -0.4 is 5.73 Å². The number of benzene rings is 1. The predicted molar refractivity (Wildman–Crippen MR) is 112 cm³/mol. The van der Waals surface area contributed by atoms with Crippen LogP contribution in [0.2, 0.25) is 10.0 Å². The number of aromatic nitrogens is 1. The summed E-state index contributed by atoms with van der Waals surface area (Å²) < 4.78 is 39.9. The summed E-state index contributed by atoms with van der Waals surface area (Å²) in [5, 5.41) is -0.0747. The first-order valence-electron chi connectivity index (χ1n) is 8.72. The molecule has 6 nitrogen and oxygen atoms in total. The van der Waals surface area contributed by atoms with Gasteiger partial charge in [-0.25, -0.2) is 13.2 Å². The van der Waals surface area contributed by atoms with Crippen LogP contribution in [0, 0.1) is 5.82 Å². The van der Waals surface area contributed by atoms with Crippen molar-refractivity contribution in [3.8, 4) is 0 Å². The summed E-state index contributed by atoms with van der Waals surface area (Å²) in [4.78, 5) is 34.1. The second kappa shape index (κ2) is 10.9. The molecule has 0 unspecified atom stereocenters. The lowest BCUT2D eigenvalue weighted by Gasteiger charge is -2.24. The van der Waals surface area contributed by atoms with E-state index < -0.39 is 41.8 Å². The SMILES string of the molecule is CN=C(C(=CN)C(=O)N(CC(=O)c1c(Cl)cncc1Cl)Cc1ccc(F)cc1)C(F)F. The zero-order valence-corrected chi connectivity index (χ0v) is 17.7. The van der Waals surface area contributed by atoms with Crippen LogP contribution in [0.3, 0.4) is 0 Å². The first kappa shape index (κ1) is 24.4. The fraction of sp³-hybridized carbons (Fsp3) is 0.200. The Morgan fingerprint density at radius 2 is 1.77 bits per heavy atom. The Morgan fingerprint density at radius 3 is 2.26 bits per heavy atom. The first-order valence-corrected chi connectivity index (χ1v) is 9.48. The molecule has 2 N–H and O–H groups in total. The minimum atomic E-state index is -3.07. The van der Waals surface area contributed by atoms with Crippen molar-refractivity contribution in [2.75, 3.05) is 13.6 Å². The highest BCUT2D eigenvalue weighted by Gasteiger charge is 2.29. The van der Waals surface area contributed by atoms with Crippen LogP contribution in [0.15, 0.2) is 53.4 Å². The summed E-state index contributed by atoms with van der Waals surface area (Å²) in [5.41, 5.74) is 4.39. The molecule has 0 atom stereocenters. The van der Waals surface area contributed by atoms with Gasteiger partial charge < -0.3 is 10.6 Å². The van der Waals surface area contributed by atoms with E-state index in [-0.39, 0.29) is 22.2 Å². The molecule has 164 valence electrons. The van der Waals surface area contributed by atoms with E-state index in [1.165, 1.54) is 24.5 Å². The van der Waals surface area contributed by atoms with Crippen molar-refractivity contribution in [1.82, 2.24) is 9.88 Å². The van der Waals surface area contributed by atoms with E-state index in [1.54, 1.807) is 0 Å². The lowest BCUT2D eigenvalue weighted by Crippen LogP contribution is -2.39. The Kier molecular flexibility index (Phi) is 8.58. The second-order valence-electron chi connectivity index (χ2n) is 6.18. The van der Waals surface area contributed by atoms with Crippen molar-refractivity contribution < 1.29 is 22.8 Å². The average molecular weight is 473 g/mol. The topological polar surface area (TPSA) is 88.6 Å². The van der Waals surface area contributed by atoms with Gasteiger partial charge in [0.25, 0.3) is 12.3 Å². The van der Waals surface area contributed by atoms with E-state index >= 15 is 0 Å². The molecule has 0 aliphatic heterocycles. The van der Waals surface area contributed by atoms with Crippen LogP contribution in [0.25, 0.3) is 0 Å². The second-order valence-corrected chi connectivity index (χ2v) is 6.99. The maximum Gasteiger partial charge on any atom is 0.280 e. The molecule has 0 aliphatic carbocycles. The van der Waals surface area contributed by atoms with Gasteiger partial charge in [-0.05, 0) is 17.7 Å². The molecule has 1 heterocycles. The van der Waals surface area contributed by atoms with Crippen molar-refractivity contribution >= 4 is 40.6 Å². The number of Topliss-reactive ketones (excluding diaryl/α,β-unsaturated/α-hetero) is 1. The highest BCUT2D eigenvalue weighted by atomic mass is 35.5. The van der Waals surface area contributed by atoms with Crippen LogP contribution in [0.4, 0.5) is 13.2 Å². The summed E-state index contributed by atoms with van der Waals surface area (Å²) in [5.74, 6) is -2.13. The zero-order valence-electron chi connectivity index (χ0n) is 16.2. The Balaban J connectivity index is 2.43. The van der Waals surface area contributed by atoms with Crippen molar-refractivity contribution in [3.63, 3.8) is 0 Å². The van der Waals surface area contributed by atoms with Gasteiger partial charge in [0.05, 0.1) is 27.7 Å². The molecule has 0 aliphatic rings. The molecule has 2 rings (SSSR count). The maximum absolute atomic E-state index is 13.3. The van der Waals surface area contributed by atoms with Crippen molar-refractivity contribution in [2.24, 2.45) is 10.7 Å². The number of nitrogens with zero attached hydrogens (tertiary/aromatic N) is 3. The standard InChI is InChI=1S/C20H17Cl2F3N4O2/c1-27-18(19(24)25)13(6-26)20(31)29(9-11-2-4-12(23)5-3-11)10-16(30)17-14(21)7-28-8-15(17)22/h2-8,19H,9-10,26H2,1H3. The molecule has 31 heavy (non-hydrogen) atoms. The molecule has 2 aromatic rings. The third-order valence-corrected chi connectivity index (χ3v) is 4.73. The normalized spacial score (nSPS) is 12.2. The minimum Gasteiger partial charge on any atom is -0.404 e. The first-order chi connectivity index (χ1) is 14.7. The molecule has 0 saturated heterocycles. The van der Waals surface area contributed by atoms with Gasteiger partial charge in [-0.1, -0.05) is 35.3 Å². The van der Waals surface area contributed by atoms with Gasteiger partial charge in [-0.15, -0.1) is 0 Å². The molecule has 1 aromatic heterocycles. The van der Waals surface area contributed by atoms with Crippen LogP contribution in [0.5, 0.6) is 0 Å². The van der Waals surface area contributed by atoms with Gasteiger partial charge in [0.1, 0.15) is 11.5 Å². The van der Waals surface area contributed by atoms with Gasteiger partial charge in [0, 0.05) is 32.2 Å². The van der Waals surface area contributed by atoms with Crippen LogP contribution in [-0.2, 0) is 11.3 Å².